The van der Waals surface area contributed by atoms with Crippen molar-refractivity contribution in [3.8, 4) is 39.6 Å². The number of hydrogen-bond donors (Lipinski definition) is 3. The number of hydrogen-bond acceptors (Lipinski definition) is 10. The van der Waals surface area contributed by atoms with E-state index in [1.54, 1.807) is 24.3 Å². The number of pyridine rings is 1. The van der Waals surface area contributed by atoms with Crippen molar-refractivity contribution in [3.63, 3.8) is 0 Å². The van der Waals surface area contributed by atoms with Gasteiger partial charge in [0, 0.05) is 33.8 Å². The maximum atomic E-state index is 10.6. The van der Waals surface area contributed by atoms with E-state index in [9.17, 15) is 15.3 Å². The molecule has 0 amide bonds. The molecule has 4 aromatic rings. The van der Waals surface area contributed by atoms with Crippen LogP contribution in [-0.2, 0) is 10.5 Å². The topological polar surface area (TPSA) is 158 Å². The first-order valence-corrected chi connectivity index (χ1v) is 13.8. The van der Waals surface area contributed by atoms with Gasteiger partial charge in [-0.15, -0.1) is 36.2 Å². The highest BCUT2D eigenvalue weighted by atomic mass is 35.5. The molecular weight excluding hydrogens is 627 g/mol. The van der Waals surface area contributed by atoms with Crippen LogP contribution in [0, 0.1) is 22.7 Å². The zero-order valence-corrected chi connectivity index (χ0v) is 25.2. The monoisotopic (exact) mass is 648 g/mol. The number of carboxylic acid groups (broad SMARTS) is 1. The van der Waals surface area contributed by atoms with Crippen LogP contribution in [0.1, 0.15) is 16.8 Å². The molecule has 2 heterocycles. The molecule has 0 aliphatic carbocycles. The van der Waals surface area contributed by atoms with Crippen molar-refractivity contribution in [2.24, 2.45) is 0 Å². The minimum Gasteiger partial charge on any atom is -0.492 e. The fourth-order valence-corrected chi connectivity index (χ4v) is 5.53. The van der Waals surface area contributed by atoms with Crippen LogP contribution in [0.15, 0.2) is 58.9 Å². The highest BCUT2D eigenvalue weighted by Crippen LogP contribution is 2.37. The second kappa shape index (κ2) is 16.0. The number of carbonyl (C=O) groups is 1. The van der Waals surface area contributed by atoms with Crippen LogP contribution >= 0.6 is 59.5 Å². The lowest BCUT2D eigenvalue weighted by Crippen LogP contribution is -2.26. The SMILES string of the molecule is Cl.Cl.N#Cc1c(N)nc(SCc2csc(-c3ccc(Cl)cc3)n2)c(C#N)c1-c1ccc(OCCNCC(=O)O)cc1. The van der Waals surface area contributed by atoms with E-state index in [1.165, 1.54) is 23.1 Å². The molecule has 0 unspecified atom stereocenters. The van der Waals surface area contributed by atoms with Gasteiger partial charge in [0.25, 0.3) is 0 Å². The molecule has 0 bridgehead atoms. The summed E-state index contributed by atoms with van der Waals surface area (Å²) in [6, 6.07) is 18.6. The van der Waals surface area contributed by atoms with Gasteiger partial charge in [-0.2, -0.15) is 10.5 Å². The lowest BCUT2D eigenvalue weighted by atomic mass is 9.97. The van der Waals surface area contributed by atoms with Crippen molar-refractivity contribution in [1.29, 1.82) is 10.5 Å². The number of rotatable bonds is 11. The third-order valence-corrected chi connectivity index (χ3v) is 7.58. The summed E-state index contributed by atoms with van der Waals surface area (Å²) in [6.07, 6.45) is 0. The molecule has 0 aliphatic rings. The minimum absolute atomic E-state index is 0. The Bertz CT molecular complexity index is 1570. The molecule has 4 N–H and O–H groups in total. The van der Waals surface area contributed by atoms with Gasteiger partial charge < -0.3 is 20.9 Å². The van der Waals surface area contributed by atoms with E-state index in [2.05, 4.69) is 27.4 Å². The van der Waals surface area contributed by atoms with Gasteiger partial charge in [0.2, 0.25) is 0 Å². The number of halogens is 3. The quantitative estimate of drug-likeness (QED) is 0.129. The van der Waals surface area contributed by atoms with Crippen LogP contribution in [0.5, 0.6) is 5.75 Å². The minimum atomic E-state index is -0.940. The van der Waals surface area contributed by atoms with Crippen molar-refractivity contribution in [1.82, 2.24) is 15.3 Å². The van der Waals surface area contributed by atoms with Gasteiger partial charge in [-0.1, -0.05) is 47.6 Å². The average Bonchev–Trinajstić information content (AvgIpc) is 3.41. The highest BCUT2D eigenvalue weighted by molar-refractivity contribution is 7.98. The summed E-state index contributed by atoms with van der Waals surface area (Å²) < 4.78 is 5.63. The zero-order chi connectivity index (χ0) is 27.8. The van der Waals surface area contributed by atoms with E-state index in [-0.39, 0.29) is 54.9 Å². The summed E-state index contributed by atoms with van der Waals surface area (Å²) in [6.45, 7) is 0.498. The number of anilines is 1. The Morgan fingerprint density at radius 2 is 1.71 bits per heavy atom. The van der Waals surface area contributed by atoms with Crippen LogP contribution in [0.25, 0.3) is 21.7 Å². The van der Waals surface area contributed by atoms with Gasteiger partial charge in [-0.3, -0.25) is 4.79 Å². The van der Waals surface area contributed by atoms with Crippen molar-refractivity contribution in [2.75, 3.05) is 25.4 Å². The van der Waals surface area contributed by atoms with E-state index < -0.39 is 5.97 Å². The van der Waals surface area contributed by atoms with Crippen LogP contribution in [0.2, 0.25) is 5.02 Å². The summed E-state index contributed by atoms with van der Waals surface area (Å²) in [7, 11) is 0. The van der Waals surface area contributed by atoms with Crippen molar-refractivity contribution in [2.45, 2.75) is 10.8 Å². The van der Waals surface area contributed by atoms with Crippen LogP contribution in [-0.4, -0.2) is 40.7 Å². The van der Waals surface area contributed by atoms with Gasteiger partial charge >= 0.3 is 5.97 Å². The highest BCUT2D eigenvalue weighted by Gasteiger charge is 2.21. The summed E-state index contributed by atoms with van der Waals surface area (Å²) in [4.78, 5) is 19.6. The Hall–Kier alpha value is -3.55. The first-order valence-electron chi connectivity index (χ1n) is 11.5. The Morgan fingerprint density at radius 1 is 1.05 bits per heavy atom. The fraction of sp³-hybridized carbons (Fsp3) is 0.148. The number of thioether (sulfide) groups is 1. The van der Waals surface area contributed by atoms with E-state index in [0.29, 0.717) is 39.2 Å². The third kappa shape index (κ3) is 8.72. The number of aromatic nitrogens is 2. The van der Waals surface area contributed by atoms with Gasteiger partial charge in [0.05, 0.1) is 17.8 Å². The van der Waals surface area contributed by atoms with Crippen LogP contribution in [0.3, 0.4) is 0 Å². The molecule has 9 nitrogen and oxygen atoms in total. The first kappa shape index (κ1) is 33.7. The third-order valence-electron chi connectivity index (χ3n) is 5.38. The maximum absolute atomic E-state index is 10.6. The number of ether oxygens (including phenoxy) is 1. The summed E-state index contributed by atoms with van der Waals surface area (Å²) in [5.74, 6) is 0.118. The molecule has 14 heteroatoms. The molecule has 212 valence electrons. The average molecular weight is 650 g/mol. The van der Waals surface area contributed by atoms with Gasteiger partial charge in [0.15, 0.2) is 0 Å². The summed E-state index contributed by atoms with van der Waals surface area (Å²) in [5.41, 5.74) is 9.34. The normalized spacial score (nSPS) is 10.0. The Labute approximate surface area is 262 Å². The number of thiazole rings is 1. The number of nitrogens with one attached hydrogen (secondary N) is 1. The van der Waals surface area contributed by atoms with Crippen LogP contribution in [0.4, 0.5) is 5.82 Å². The number of carboxylic acids is 1. The molecule has 2 aromatic heterocycles. The molecule has 0 radical (unpaired) electrons. The van der Waals surface area contributed by atoms with E-state index in [0.717, 1.165) is 16.3 Å². The molecular formula is C27H23Cl3N6O3S2. The standard InChI is InChI=1S/C27H21ClN6O3S2.2ClH/c28-18-5-1-17(2-6-18)26-33-19(14-38-26)15-39-27-22(12-30)24(21(11-29)25(31)34-27)16-3-7-20(8-4-16)37-10-9-32-13-23(35)36;;/h1-8,14,32H,9-10,13,15H2,(H2,31,34)(H,35,36);2*1H. The molecule has 0 fully saturated rings. The van der Waals surface area contributed by atoms with Gasteiger partial charge in [-0.05, 0) is 29.8 Å². The lowest BCUT2D eigenvalue weighted by Gasteiger charge is -2.13. The van der Waals surface area contributed by atoms with E-state index in [4.69, 9.17) is 27.2 Å². The number of nitriles is 2. The summed E-state index contributed by atoms with van der Waals surface area (Å²) >= 11 is 8.82. The van der Waals surface area contributed by atoms with Crippen molar-refractivity contribution in [3.05, 3.63) is 75.8 Å². The van der Waals surface area contributed by atoms with Crippen LogP contribution < -0.4 is 15.8 Å². The molecule has 0 aliphatic heterocycles. The Balaban J connectivity index is 0.00000294. The molecule has 0 saturated carbocycles. The number of nitrogen functional groups attached to an aromatic ring is 1. The molecule has 2 aromatic carbocycles. The maximum Gasteiger partial charge on any atom is 0.317 e. The molecule has 41 heavy (non-hydrogen) atoms. The summed E-state index contributed by atoms with van der Waals surface area (Å²) in [5, 5.41) is 35.1. The van der Waals surface area contributed by atoms with Crippen molar-refractivity contribution < 1.29 is 14.6 Å². The molecule has 4 rings (SSSR count). The Kier molecular flexibility index (Phi) is 13.2. The van der Waals surface area contributed by atoms with Gasteiger partial charge in [-0.25, -0.2) is 9.97 Å². The largest absolute Gasteiger partial charge is 0.492 e. The lowest BCUT2D eigenvalue weighted by molar-refractivity contribution is -0.135. The van der Waals surface area contributed by atoms with Crippen molar-refractivity contribution >= 4 is 71.3 Å². The number of nitrogens with two attached hydrogens (primary N) is 1. The zero-order valence-electron chi connectivity index (χ0n) is 21.2. The smallest absolute Gasteiger partial charge is 0.317 e. The van der Waals surface area contributed by atoms with E-state index >= 15 is 0 Å². The number of benzene rings is 2. The second-order valence-electron chi connectivity index (χ2n) is 8.03. The van der Waals surface area contributed by atoms with E-state index in [1.807, 2.05) is 29.6 Å². The number of aliphatic carboxylic acids is 1. The Morgan fingerprint density at radius 3 is 2.34 bits per heavy atom. The first-order chi connectivity index (χ1) is 18.9. The second-order valence-corrected chi connectivity index (χ2v) is 10.3. The number of nitrogens with zero attached hydrogens (tertiary/aromatic N) is 4. The van der Waals surface area contributed by atoms with Gasteiger partial charge in [0.1, 0.15) is 45.9 Å². The molecule has 0 atom stereocenters. The predicted molar refractivity (Wildman–Crippen MR) is 166 cm³/mol. The molecule has 0 saturated heterocycles. The fourth-order valence-electron chi connectivity index (χ4n) is 3.59. The predicted octanol–water partition coefficient (Wildman–Crippen LogP) is 6.04. The molecule has 0 spiro atoms.